The summed E-state index contributed by atoms with van der Waals surface area (Å²) in [6.07, 6.45) is 2.48. The van der Waals surface area contributed by atoms with Gasteiger partial charge in [-0.1, -0.05) is 24.2 Å². The summed E-state index contributed by atoms with van der Waals surface area (Å²) in [6, 6.07) is 7.59. The maximum Gasteiger partial charge on any atom is 0.256 e. The first-order valence-electron chi connectivity index (χ1n) is 7.04. The van der Waals surface area contributed by atoms with Crippen molar-refractivity contribution in [3.05, 3.63) is 41.5 Å². The second-order valence-corrected chi connectivity index (χ2v) is 4.68. The number of rotatable bonds is 4. The Morgan fingerprint density at radius 1 is 1.41 bits per heavy atom. The molecule has 1 aliphatic heterocycles. The lowest BCUT2D eigenvalue weighted by molar-refractivity contribution is 0.240. The maximum atomic E-state index is 8.81. The van der Waals surface area contributed by atoms with Crippen LogP contribution in [0, 0.1) is 0 Å². The molecule has 0 amide bonds. The molecule has 0 saturated carbocycles. The van der Waals surface area contributed by atoms with Crippen molar-refractivity contribution in [2.45, 2.75) is 19.8 Å². The summed E-state index contributed by atoms with van der Waals surface area (Å²) in [5.74, 6) is 1.81. The van der Waals surface area contributed by atoms with E-state index in [4.69, 9.17) is 14.5 Å². The van der Waals surface area contributed by atoms with Gasteiger partial charge in [0.05, 0.1) is 12.3 Å². The van der Waals surface area contributed by atoms with Crippen molar-refractivity contribution in [3.63, 3.8) is 0 Å². The fraction of sp³-hybridized carbons (Fsp3) is 0.267. The van der Waals surface area contributed by atoms with Gasteiger partial charge in [-0.2, -0.15) is 4.98 Å². The Labute approximate surface area is 127 Å². The molecule has 1 aromatic heterocycles. The number of hydrogen-bond donors (Lipinski definition) is 2. The summed E-state index contributed by atoms with van der Waals surface area (Å²) in [5.41, 5.74) is 4.17. The number of nitrogens with zero attached hydrogens (tertiary/aromatic N) is 3. The number of fused-ring (bicyclic) bond motifs is 1. The lowest BCUT2D eigenvalue weighted by Gasteiger charge is -2.07. The van der Waals surface area contributed by atoms with Gasteiger partial charge in [0.2, 0.25) is 0 Å². The maximum absolute atomic E-state index is 8.81. The van der Waals surface area contributed by atoms with Gasteiger partial charge in [-0.25, -0.2) is 4.99 Å². The van der Waals surface area contributed by atoms with Gasteiger partial charge in [0.25, 0.3) is 5.89 Å². The summed E-state index contributed by atoms with van der Waals surface area (Å²) in [7, 11) is 0. The van der Waals surface area contributed by atoms with Crippen molar-refractivity contribution in [1.82, 2.24) is 15.6 Å². The highest BCUT2D eigenvalue weighted by Gasteiger charge is 2.22. The van der Waals surface area contributed by atoms with Crippen LogP contribution in [0.4, 0.5) is 0 Å². The molecule has 1 aliphatic rings. The predicted molar refractivity (Wildman–Crippen MR) is 80.5 cm³/mol. The van der Waals surface area contributed by atoms with Crippen LogP contribution in [0.15, 0.2) is 33.8 Å². The minimum Gasteiger partial charge on any atom is -0.493 e. The van der Waals surface area contributed by atoms with E-state index in [2.05, 4.69) is 15.1 Å². The topological polar surface area (TPSA) is 92.8 Å². The molecular weight excluding hydrogens is 284 g/mol. The average molecular weight is 300 g/mol. The molecule has 0 bridgehead atoms. The van der Waals surface area contributed by atoms with E-state index in [1.807, 2.05) is 36.7 Å². The first kappa shape index (κ1) is 14.3. The standard InChI is InChI=1S/C15H16N4O3/c1-2-13-18-15(22-19-13)11-7-8-21-12-6-4-3-5-10(12)14(11)16-9-17-20/h3-6,9,20H,2,7-8H2,1H3,(H,16,17). The highest BCUT2D eigenvalue weighted by Crippen LogP contribution is 2.36. The smallest absolute Gasteiger partial charge is 0.256 e. The Balaban J connectivity index is 2.16. The summed E-state index contributed by atoms with van der Waals surface area (Å²) >= 11 is 0. The molecule has 2 heterocycles. The fourth-order valence-corrected chi connectivity index (χ4v) is 2.30. The zero-order chi connectivity index (χ0) is 15.4. The van der Waals surface area contributed by atoms with E-state index in [-0.39, 0.29) is 0 Å². The molecule has 0 aliphatic carbocycles. The molecule has 0 unspecified atom stereocenters. The minimum absolute atomic E-state index is 0.433. The molecule has 7 nitrogen and oxygen atoms in total. The number of aryl methyl sites for hydroxylation is 1. The number of benzene rings is 1. The van der Waals surface area contributed by atoms with Gasteiger partial charge < -0.3 is 9.26 Å². The Hall–Kier alpha value is -2.67. The van der Waals surface area contributed by atoms with E-state index in [0.717, 1.165) is 16.9 Å². The molecule has 0 spiro atoms. The lowest BCUT2D eigenvalue weighted by atomic mass is 10.0. The van der Waals surface area contributed by atoms with Crippen LogP contribution in [0.1, 0.15) is 30.6 Å². The lowest BCUT2D eigenvalue weighted by Crippen LogP contribution is -2.02. The highest BCUT2D eigenvalue weighted by atomic mass is 16.5. The summed E-state index contributed by atoms with van der Waals surface area (Å²) in [5, 5.41) is 12.7. The molecule has 7 heteroatoms. The first-order valence-corrected chi connectivity index (χ1v) is 7.04. The van der Waals surface area contributed by atoms with Crippen LogP contribution in [0.3, 0.4) is 0 Å². The third-order valence-corrected chi connectivity index (χ3v) is 3.33. The normalized spacial score (nSPS) is 14.6. The number of aromatic nitrogens is 2. The third-order valence-electron chi connectivity index (χ3n) is 3.33. The van der Waals surface area contributed by atoms with Crippen molar-refractivity contribution in [2.75, 3.05) is 6.61 Å². The van der Waals surface area contributed by atoms with Gasteiger partial charge in [-0.05, 0) is 12.1 Å². The number of hydroxylamine groups is 1. The molecule has 0 atom stereocenters. The Morgan fingerprint density at radius 2 is 2.27 bits per heavy atom. The van der Waals surface area contributed by atoms with E-state index >= 15 is 0 Å². The number of aliphatic imine (C=N–C) groups is 1. The third kappa shape index (κ3) is 2.71. The van der Waals surface area contributed by atoms with E-state index in [1.165, 1.54) is 6.34 Å². The molecular formula is C15H16N4O3. The van der Waals surface area contributed by atoms with Crippen LogP contribution in [0.25, 0.3) is 11.3 Å². The zero-order valence-corrected chi connectivity index (χ0v) is 12.1. The van der Waals surface area contributed by atoms with E-state index < -0.39 is 0 Å². The van der Waals surface area contributed by atoms with Crippen LogP contribution in [-0.4, -0.2) is 28.3 Å². The Bertz CT molecular complexity index is 721. The van der Waals surface area contributed by atoms with Gasteiger partial charge in [-0.3, -0.25) is 10.7 Å². The molecule has 114 valence electrons. The predicted octanol–water partition coefficient (Wildman–Crippen LogP) is 2.29. The molecule has 0 saturated heterocycles. The fourth-order valence-electron chi connectivity index (χ4n) is 2.30. The minimum atomic E-state index is 0.433. The second-order valence-electron chi connectivity index (χ2n) is 4.68. The molecule has 0 fully saturated rings. The van der Waals surface area contributed by atoms with Gasteiger partial charge in [0, 0.05) is 24.0 Å². The first-order chi connectivity index (χ1) is 10.8. The van der Waals surface area contributed by atoms with E-state index in [0.29, 0.717) is 36.9 Å². The van der Waals surface area contributed by atoms with Crippen LogP contribution in [0.5, 0.6) is 5.75 Å². The monoisotopic (exact) mass is 300 g/mol. The van der Waals surface area contributed by atoms with E-state index in [1.54, 1.807) is 0 Å². The van der Waals surface area contributed by atoms with Crippen LogP contribution < -0.4 is 10.2 Å². The highest BCUT2D eigenvalue weighted by molar-refractivity contribution is 5.92. The Kier molecular flexibility index (Phi) is 4.15. The molecule has 1 aromatic carbocycles. The van der Waals surface area contributed by atoms with Gasteiger partial charge in [0.15, 0.2) is 5.82 Å². The molecule has 3 rings (SSSR count). The SMILES string of the molecule is CCc1noc(C2=C(N=CNO)c3ccccc3OCC2)n1. The van der Waals surface area contributed by atoms with Gasteiger partial charge >= 0.3 is 0 Å². The van der Waals surface area contributed by atoms with Crippen molar-refractivity contribution in [3.8, 4) is 5.75 Å². The van der Waals surface area contributed by atoms with Crippen molar-refractivity contribution >= 4 is 17.6 Å². The summed E-state index contributed by atoms with van der Waals surface area (Å²) in [6.45, 7) is 2.45. The molecule has 2 aromatic rings. The van der Waals surface area contributed by atoms with Gasteiger partial charge in [0.1, 0.15) is 12.1 Å². The van der Waals surface area contributed by atoms with Crippen LogP contribution in [0.2, 0.25) is 0 Å². The number of nitrogens with one attached hydrogen (secondary N) is 1. The quantitative estimate of drug-likeness (QED) is 0.511. The van der Waals surface area contributed by atoms with Crippen molar-refractivity contribution in [2.24, 2.45) is 4.99 Å². The van der Waals surface area contributed by atoms with Crippen molar-refractivity contribution in [1.29, 1.82) is 0 Å². The average Bonchev–Trinajstić information content (AvgIpc) is 2.95. The second kappa shape index (κ2) is 6.40. The zero-order valence-electron chi connectivity index (χ0n) is 12.1. The molecule has 2 N–H and O–H groups in total. The van der Waals surface area contributed by atoms with E-state index in [9.17, 15) is 0 Å². The van der Waals surface area contributed by atoms with Crippen LogP contribution >= 0.6 is 0 Å². The van der Waals surface area contributed by atoms with Crippen molar-refractivity contribution < 1.29 is 14.5 Å². The molecule has 0 radical (unpaired) electrons. The molecule has 22 heavy (non-hydrogen) atoms. The largest absolute Gasteiger partial charge is 0.493 e. The Morgan fingerprint density at radius 3 is 3.05 bits per heavy atom. The van der Waals surface area contributed by atoms with Crippen LogP contribution in [-0.2, 0) is 6.42 Å². The number of hydrogen-bond acceptors (Lipinski definition) is 6. The summed E-state index contributed by atoms with van der Waals surface area (Å²) in [4.78, 5) is 8.66. The van der Waals surface area contributed by atoms with Gasteiger partial charge in [-0.15, -0.1) is 0 Å². The number of para-hydroxylation sites is 1. The number of ether oxygens (including phenoxy) is 1. The summed E-state index contributed by atoms with van der Waals surface area (Å²) < 4.78 is 11.1.